The van der Waals surface area contributed by atoms with E-state index in [2.05, 4.69) is 31.2 Å². The number of aryl methyl sites for hydroxylation is 2. The number of nitrogens with zero attached hydrogens (tertiary/aromatic N) is 2. The molecule has 0 aromatic heterocycles. The summed E-state index contributed by atoms with van der Waals surface area (Å²) in [5.74, 6) is 0.451. The highest BCUT2D eigenvalue weighted by atomic mass is 16.2. The van der Waals surface area contributed by atoms with Crippen LogP contribution in [-0.4, -0.2) is 47.2 Å². The first-order chi connectivity index (χ1) is 12.5. The van der Waals surface area contributed by atoms with Crippen LogP contribution in [0.3, 0.4) is 0 Å². The number of imide groups is 1. The van der Waals surface area contributed by atoms with E-state index in [0.717, 1.165) is 32.4 Å². The Balaban J connectivity index is 1.37. The van der Waals surface area contributed by atoms with Gasteiger partial charge in [0.1, 0.15) is 0 Å². The molecule has 0 bridgehead atoms. The minimum absolute atomic E-state index is 0.0643. The van der Waals surface area contributed by atoms with Gasteiger partial charge in [-0.1, -0.05) is 29.8 Å². The number of amides is 3. The number of hydrogen-bond donors (Lipinski definition) is 0. The van der Waals surface area contributed by atoms with Crippen molar-refractivity contribution in [2.24, 2.45) is 5.92 Å². The van der Waals surface area contributed by atoms with E-state index in [1.807, 2.05) is 4.90 Å². The third-order valence-corrected chi connectivity index (χ3v) is 5.63. The lowest BCUT2D eigenvalue weighted by Crippen LogP contribution is -2.40. The zero-order chi connectivity index (χ0) is 18.5. The Labute approximate surface area is 155 Å². The molecule has 3 amide bonds. The van der Waals surface area contributed by atoms with Crippen molar-refractivity contribution >= 4 is 17.7 Å². The third-order valence-electron chi connectivity index (χ3n) is 5.63. The van der Waals surface area contributed by atoms with E-state index in [1.54, 1.807) is 0 Å². The van der Waals surface area contributed by atoms with Gasteiger partial charge in [0.05, 0.1) is 0 Å². The summed E-state index contributed by atoms with van der Waals surface area (Å²) in [7, 11) is 0. The molecule has 1 aromatic rings. The molecule has 0 N–H and O–H groups in total. The fourth-order valence-corrected chi connectivity index (χ4v) is 3.83. The lowest BCUT2D eigenvalue weighted by Gasteiger charge is -2.32. The van der Waals surface area contributed by atoms with Gasteiger partial charge in [0.15, 0.2) is 0 Å². The van der Waals surface area contributed by atoms with Gasteiger partial charge < -0.3 is 4.90 Å². The lowest BCUT2D eigenvalue weighted by atomic mass is 9.90. The van der Waals surface area contributed by atoms with Gasteiger partial charge in [-0.2, -0.15) is 0 Å². The molecule has 2 fully saturated rings. The van der Waals surface area contributed by atoms with Crippen LogP contribution in [0.5, 0.6) is 0 Å². The van der Waals surface area contributed by atoms with Crippen molar-refractivity contribution in [1.29, 1.82) is 0 Å². The van der Waals surface area contributed by atoms with E-state index in [-0.39, 0.29) is 30.7 Å². The summed E-state index contributed by atoms with van der Waals surface area (Å²) in [5, 5.41) is 0. The molecule has 26 heavy (non-hydrogen) atoms. The second kappa shape index (κ2) is 8.47. The van der Waals surface area contributed by atoms with Crippen molar-refractivity contribution in [3.05, 3.63) is 35.4 Å². The molecule has 2 aliphatic heterocycles. The second-order valence-electron chi connectivity index (χ2n) is 7.54. The number of carbonyl (C=O) groups is 3. The van der Waals surface area contributed by atoms with Crippen LogP contribution in [0.15, 0.2) is 24.3 Å². The van der Waals surface area contributed by atoms with Crippen molar-refractivity contribution in [2.45, 2.75) is 51.9 Å². The Hall–Kier alpha value is -2.17. The fourth-order valence-electron chi connectivity index (χ4n) is 3.83. The van der Waals surface area contributed by atoms with Gasteiger partial charge in [0, 0.05) is 38.9 Å². The normalized spacial score (nSPS) is 18.7. The summed E-state index contributed by atoms with van der Waals surface area (Å²) in [5.41, 5.74) is 2.67. The predicted octanol–water partition coefficient (Wildman–Crippen LogP) is 2.71. The SMILES string of the molecule is Cc1ccc(CCC2CCN(C(=O)CCN3C(=O)CCC3=O)CC2)cc1. The zero-order valence-electron chi connectivity index (χ0n) is 15.6. The molecule has 1 aromatic carbocycles. The molecule has 0 unspecified atom stereocenters. The van der Waals surface area contributed by atoms with Gasteiger partial charge in [0.2, 0.25) is 17.7 Å². The van der Waals surface area contributed by atoms with Crippen molar-refractivity contribution in [1.82, 2.24) is 9.80 Å². The maximum atomic E-state index is 12.4. The average molecular weight is 356 g/mol. The first-order valence-corrected chi connectivity index (χ1v) is 9.69. The number of carbonyl (C=O) groups excluding carboxylic acids is 3. The Morgan fingerprint density at radius 2 is 1.65 bits per heavy atom. The molecule has 0 aliphatic carbocycles. The number of likely N-dealkylation sites (tertiary alicyclic amines) is 2. The summed E-state index contributed by atoms with van der Waals surface area (Å²) < 4.78 is 0. The first kappa shape index (κ1) is 18.6. The van der Waals surface area contributed by atoms with Crippen molar-refractivity contribution in [3.63, 3.8) is 0 Å². The minimum Gasteiger partial charge on any atom is -0.343 e. The highest BCUT2D eigenvalue weighted by molar-refractivity contribution is 6.02. The quantitative estimate of drug-likeness (QED) is 0.737. The van der Waals surface area contributed by atoms with Crippen molar-refractivity contribution in [2.75, 3.05) is 19.6 Å². The molecule has 5 heteroatoms. The molecule has 0 saturated carbocycles. The van der Waals surface area contributed by atoms with E-state index in [0.29, 0.717) is 18.8 Å². The second-order valence-corrected chi connectivity index (χ2v) is 7.54. The highest BCUT2D eigenvalue weighted by Crippen LogP contribution is 2.23. The van der Waals surface area contributed by atoms with Crippen LogP contribution in [0.4, 0.5) is 0 Å². The third kappa shape index (κ3) is 4.71. The molecule has 0 radical (unpaired) electrons. The van der Waals surface area contributed by atoms with E-state index >= 15 is 0 Å². The van der Waals surface area contributed by atoms with Gasteiger partial charge in [-0.3, -0.25) is 19.3 Å². The Morgan fingerprint density at radius 1 is 1.04 bits per heavy atom. The maximum absolute atomic E-state index is 12.4. The summed E-state index contributed by atoms with van der Waals surface area (Å²) in [6, 6.07) is 8.72. The smallest absolute Gasteiger partial charge is 0.229 e. The van der Waals surface area contributed by atoms with Crippen LogP contribution in [0.25, 0.3) is 0 Å². The molecule has 140 valence electrons. The lowest BCUT2D eigenvalue weighted by molar-refractivity contribution is -0.139. The molecule has 2 heterocycles. The van der Waals surface area contributed by atoms with E-state index < -0.39 is 0 Å². The molecule has 0 atom stereocenters. The van der Waals surface area contributed by atoms with Gasteiger partial charge >= 0.3 is 0 Å². The highest BCUT2D eigenvalue weighted by Gasteiger charge is 2.30. The average Bonchev–Trinajstić information content (AvgIpc) is 2.97. The topological polar surface area (TPSA) is 57.7 Å². The van der Waals surface area contributed by atoms with Crippen LogP contribution in [0, 0.1) is 12.8 Å². The number of rotatable bonds is 6. The summed E-state index contributed by atoms with van der Waals surface area (Å²) in [6.45, 7) is 3.93. The number of benzene rings is 1. The zero-order valence-corrected chi connectivity index (χ0v) is 15.6. The molecular weight excluding hydrogens is 328 g/mol. The van der Waals surface area contributed by atoms with Crippen LogP contribution < -0.4 is 0 Å². The Kier molecular flexibility index (Phi) is 6.07. The van der Waals surface area contributed by atoms with Crippen LogP contribution in [0.1, 0.15) is 49.7 Å². The number of piperidine rings is 1. The van der Waals surface area contributed by atoms with E-state index in [1.165, 1.54) is 22.4 Å². The van der Waals surface area contributed by atoms with Gasteiger partial charge in [-0.25, -0.2) is 0 Å². The minimum atomic E-state index is -0.141. The molecule has 2 aliphatic rings. The summed E-state index contributed by atoms with van der Waals surface area (Å²) in [6.07, 6.45) is 5.18. The Morgan fingerprint density at radius 3 is 2.27 bits per heavy atom. The molecule has 3 rings (SSSR count). The molecule has 0 spiro atoms. The van der Waals surface area contributed by atoms with E-state index in [4.69, 9.17) is 0 Å². The number of hydrogen-bond acceptors (Lipinski definition) is 3. The van der Waals surface area contributed by atoms with Gasteiger partial charge in [-0.05, 0) is 44.1 Å². The molecule has 2 saturated heterocycles. The monoisotopic (exact) mass is 356 g/mol. The summed E-state index contributed by atoms with van der Waals surface area (Å²) >= 11 is 0. The fraction of sp³-hybridized carbons (Fsp3) is 0.571. The standard InChI is InChI=1S/C21H28N2O3/c1-16-2-4-17(5-3-16)6-7-18-10-13-22(14-11-18)19(24)12-15-23-20(25)8-9-21(23)26/h2-5,18H,6-15H2,1H3. The Bertz CT molecular complexity index is 644. The largest absolute Gasteiger partial charge is 0.343 e. The molecular formula is C21H28N2O3. The predicted molar refractivity (Wildman–Crippen MR) is 99.4 cm³/mol. The van der Waals surface area contributed by atoms with Crippen LogP contribution in [0.2, 0.25) is 0 Å². The summed E-state index contributed by atoms with van der Waals surface area (Å²) in [4.78, 5) is 38.7. The van der Waals surface area contributed by atoms with Crippen molar-refractivity contribution in [3.8, 4) is 0 Å². The van der Waals surface area contributed by atoms with Crippen molar-refractivity contribution < 1.29 is 14.4 Å². The van der Waals surface area contributed by atoms with Gasteiger partial charge in [0.25, 0.3) is 0 Å². The maximum Gasteiger partial charge on any atom is 0.229 e. The molecule has 5 nitrogen and oxygen atoms in total. The van der Waals surface area contributed by atoms with Crippen LogP contribution >= 0.6 is 0 Å². The van der Waals surface area contributed by atoms with Gasteiger partial charge in [-0.15, -0.1) is 0 Å². The van der Waals surface area contributed by atoms with E-state index in [9.17, 15) is 14.4 Å². The van der Waals surface area contributed by atoms with Crippen LogP contribution in [-0.2, 0) is 20.8 Å². The first-order valence-electron chi connectivity index (χ1n) is 9.69.